The third-order valence-corrected chi connectivity index (χ3v) is 5.62. The second kappa shape index (κ2) is 6.62. The van der Waals surface area contributed by atoms with Crippen LogP contribution in [0, 0.1) is 12.7 Å². The zero-order valence-corrected chi connectivity index (χ0v) is 13.3. The van der Waals surface area contributed by atoms with E-state index in [1.807, 2.05) is 0 Å². The van der Waals surface area contributed by atoms with Gasteiger partial charge in [0.05, 0.1) is 12.0 Å². The lowest BCUT2D eigenvalue weighted by molar-refractivity contribution is 0.161. The third-order valence-electron chi connectivity index (χ3n) is 3.73. The molecule has 1 fully saturated rings. The predicted molar refractivity (Wildman–Crippen MR) is 78.5 cm³/mol. The molecule has 0 unspecified atom stereocenters. The van der Waals surface area contributed by atoms with Crippen LogP contribution < -0.4 is 5.32 Å². The summed E-state index contributed by atoms with van der Waals surface area (Å²) in [6.45, 7) is 2.13. The first kappa shape index (κ1) is 16.7. The number of hydrogen-bond donors (Lipinski definition) is 1. The van der Waals surface area contributed by atoms with Gasteiger partial charge in [-0.15, -0.1) is 0 Å². The van der Waals surface area contributed by atoms with Gasteiger partial charge in [0.15, 0.2) is 0 Å². The van der Waals surface area contributed by atoms with Crippen molar-refractivity contribution in [3.63, 3.8) is 0 Å². The zero-order valence-electron chi connectivity index (χ0n) is 12.5. The fourth-order valence-corrected chi connectivity index (χ4v) is 3.95. The van der Waals surface area contributed by atoms with Gasteiger partial charge in [0.1, 0.15) is 5.82 Å². The average molecular weight is 330 g/mol. The number of aryl methyl sites for hydroxylation is 1. The highest BCUT2D eigenvalue weighted by Gasteiger charge is 2.30. The Labute approximate surface area is 129 Å². The van der Waals surface area contributed by atoms with Crippen molar-refractivity contribution in [1.29, 1.82) is 0 Å². The number of carbonyl (C=O) groups is 1. The first-order chi connectivity index (χ1) is 10.3. The molecule has 1 aliphatic heterocycles. The minimum atomic E-state index is -3.64. The molecule has 1 amide bonds. The minimum absolute atomic E-state index is 0.0887. The van der Waals surface area contributed by atoms with E-state index in [4.69, 9.17) is 0 Å². The molecule has 1 aromatic carbocycles. The molecule has 1 heterocycles. The van der Waals surface area contributed by atoms with Gasteiger partial charge in [0.25, 0.3) is 0 Å². The molecule has 0 radical (unpaired) electrons. The Morgan fingerprint density at radius 3 is 2.55 bits per heavy atom. The number of alkyl carbamates (subject to hydrolysis) is 1. The van der Waals surface area contributed by atoms with Crippen LogP contribution in [0.3, 0.4) is 0 Å². The molecule has 0 spiro atoms. The fraction of sp³-hybridized carbons (Fsp3) is 0.500. The number of nitrogens with zero attached hydrogens (tertiary/aromatic N) is 1. The molecule has 0 saturated carbocycles. The summed E-state index contributed by atoms with van der Waals surface area (Å²) < 4.78 is 44.2. The quantitative estimate of drug-likeness (QED) is 0.914. The van der Waals surface area contributed by atoms with Crippen LogP contribution in [0.15, 0.2) is 23.1 Å². The highest BCUT2D eigenvalue weighted by atomic mass is 32.2. The number of nitrogens with one attached hydrogen (secondary N) is 1. The van der Waals surface area contributed by atoms with E-state index in [9.17, 15) is 17.6 Å². The summed E-state index contributed by atoms with van der Waals surface area (Å²) in [4.78, 5) is 11.2. The molecule has 1 aliphatic rings. The average Bonchev–Trinajstić information content (AvgIpc) is 2.50. The lowest BCUT2D eigenvalue weighted by atomic mass is 10.1. The van der Waals surface area contributed by atoms with Crippen molar-refractivity contribution in [3.05, 3.63) is 29.6 Å². The largest absolute Gasteiger partial charge is 0.453 e. The van der Waals surface area contributed by atoms with Crippen LogP contribution in [0.4, 0.5) is 9.18 Å². The highest BCUT2D eigenvalue weighted by molar-refractivity contribution is 7.89. The van der Waals surface area contributed by atoms with Crippen LogP contribution in [0.25, 0.3) is 0 Å². The number of methoxy groups -OCH3 is 1. The van der Waals surface area contributed by atoms with Crippen molar-refractivity contribution in [2.75, 3.05) is 20.2 Å². The summed E-state index contributed by atoms with van der Waals surface area (Å²) in [5.41, 5.74) is 0.295. The maximum atomic E-state index is 13.3. The molecule has 1 aromatic rings. The fourth-order valence-electron chi connectivity index (χ4n) is 2.39. The van der Waals surface area contributed by atoms with Gasteiger partial charge in [0, 0.05) is 19.1 Å². The first-order valence-corrected chi connectivity index (χ1v) is 8.39. The van der Waals surface area contributed by atoms with Crippen molar-refractivity contribution in [2.45, 2.75) is 30.7 Å². The van der Waals surface area contributed by atoms with Gasteiger partial charge in [-0.3, -0.25) is 0 Å². The van der Waals surface area contributed by atoms with Gasteiger partial charge in [-0.2, -0.15) is 4.31 Å². The van der Waals surface area contributed by atoms with Gasteiger partial charge >= 0.3 is 6.09 Å². The van der Waals surface area contributed by atoms with E-state index in [1.54, 1.807) is 0 Å². The van der Waals surface area contributed by atoms with E-state index in [0.717, 1.165) is 6.07 Å². The van der Waals surface area contributed by atoms with Crippen LogP contribution in [0.5, 0.6) is 0 Å². The van der Waals surface area contributed by atoms with Crippen LogP contribution >= 0.6 is 0 Å². The van der Waals surface area contributed by atoms with E-state index in [-0.39, 0.29) is 10.9 Å². The Morgan fingerprint density at radius 1 is 1.36 bits per heavy atom. The second-order valence-electron chi connectivity index (χ2n) is 5.23. The van der Waals surface area contributed by atoms with Crippen LogP contribution in [0.1, 0.15) is 18.4 Å². The van der Waals surface area contributed by atoms with Gasteiger partial charge in [-0.05, 0) is 43.5 Å². The Bertz CT molecular complexity index is 655. The molecule has 0 bridgehead atoms. The Morgan fingerprint density at radius 2 is 2.00 bits per heavy atom. The Balaban J connectivity index is 2.06. The summed E-state index contributed by atoms with van der Waals surface area (Å²) in [6, 6.07) is 3.67. The summed E-state index contributed by atoms with van der Waals surface area (Å²) in [6.07, 6.45) is 0.499. The smallest absolute Gasteiger partial charge is 0.407 e. The summed E-state index contributed by atoms with van der Waals surface area (Å²) in [5.74, 6) is -0.431. The number of carbonyl (C=O) groups excluding carboxylic acids is 1. The summed E-state index contributed by atoms with van der Waals surface area (Å²) in [7, 11) is -2.35. The summed E-state index contributed by atoms with van der Waals surface area (Å²) >= 11 is 0. The lowest BCUT2D eigenvalue weighted by Gasteiger charge is -2.31. The Hall–Kier alpha value is -1.67. The number of rotatable bonds is 3. The molecule has 1 saturated heterocycles. The lowest BCUT2D eigenvalue weighted by Crippen LogP contribution is -2.46. The van der Waals surface area contributed by atoms with E-state index < -0.39 is 21.9 Å². The van der Waals surface area contributed by atoms with E-state index in [0.29, 0.717) is 31.5 Å². The first-order valence-electron chi connectivity index (χ1n) is 6.95. The molecule has 0 aliphatic carbocycles. The molecule has 8 heteroatoms. The summed E-state index contributed by atoms with van der Waals surface area (Å²) in [5, 5.41) is 2.66. The van der Waals surface area contributed by atoms with E-state index in [1.165, 1.54) is 30.5 Å². The second-order valence-corrected chi connectivity index (χ2v) is 7.16. The molecular weight excluding hydrogens is 311 g/mol. The molecule has 22 heavy (non-hydrogen) atoms. The number of sulfonamides is 1. The SMILES string of the molecule is COC(=O)NC1CCN(S(=O)(=O)c2ccc(F)c(C)c2)CC1. The van der Waals surface area contributed by atoms with E-state index >= 15 is 0 Å². The van der Waals surface area contributed by atoms with Crippen molar-refractivity contribution in [1.82, 2.24) is 9.62 Å². The van der Waals surface area contributed by atoms with Crippen LogP contribution in [-0.4, -0.2) is 45.1 Å². The van der Waals surface area contributed by atoms with Crippen molar-refractivity contribution >= 4 is 16.1 Å². The monoisotopic (exact) mass is 330 g/mol. The molecule has 6 nitrogen and oxygen atoms in total. The zero-order chi connectivity index (χ0) is 16.3. The molecule has 0 aromatic heterocycles. The Kier molecular flexibility index (Phi) is 5.02. The van der Waals surface area contributed by atoms with E-state index in [2.05, 4.69) is 10.1 Å². The van der Waals surface area contributed by atoms with Gasteiger partial charge in [-0.25, -0.2) is 17.6 Å². The topological polar surface area (TPSA) is 75.7 Å². The van der Waals surface area contributed by atoms with Gasteiger partial charge < -0.3 is 10.1 Å². The maximum absolute atomic E-state index is 13.3. The van der Waals surface area contributed by atoms with Crippen LogP contribution in [-0.2, 0) is 14.8 Å². The molecular formula is C14H19FN2O4S. The predicted octanol–water partition coefficient (Wildman–Crippen LogP) is 1.64. The maximum Gasteiger partial charge on any atom is 0.407 e. The number of amides is 1. The number of hydrogen-bond acceptors (Lipinski definition) is 4. The number of ether oxygens (including phenoxy) is 1. The standard InChI is InChI=1S/C14H19FN2O4S/c1-10-9-12(3-4-13(10)15)22(19,20)17-7-5-11(6-8-17)16-14(18)21-2/h3-4,9,11H,5-8H2,1-2H3,(H,16,18). The van der Waals surface area contributed by atoms with Crippen molar-refractivity contribution in [3.8, 4) is 0 Å². The number of benzene rings is 1. The highest BCUT2D eigenvalue weighted by Crippen LogP contribution is 2.22. The van der Waals surface area contributed by atoms with Crippen molar-refractivity contribution < 1.29 is 22.3 Å². The molecule has 1 N–H and O–H groups in total. The van der Waals surface area contributed by atoms with Crippen LogP contribution in [0.2, 0.25) is 0 Å². The molecule has 122 valence electrons. The molecule has 2 rings (SSSR count). The number of piperidine rings is 1. The third kappa shape index (κ3) is 3.56. The van der Waals surface area contributed by atoms with Gasteiger partial charge in [-0.1, -0.05) is 0 Å². The minimum Gasteiger partial charge on any atom is -0.453 e. The molecule has 0 atom stereocenters. The normalized spacial score (nSPS) is 17.2. The number of halogens is 1. The van der Waals surface area contributed by atoms with Gasteiger partial charge in [0.2, 0.25) is 10.0 Å². The van der Waals surface area contributed by atoms with Crippen molar-refractivity contribution in [2.24, 2.45) is 0 Å².